The Morgan fingerprint density at radius 1 is 1.47 bits per heavy atom. The van der Waals surface area contributed by atoms with Crippen molar-refractivity contribution < 1.29 is 8.78 Å². The van der Waals surface area contributed by atoms with Crippen molar-refractivity contribution in [3.05, 3.63) is 16.4 Å². The van der Waals surface area contributed by atoms with Crippen molar-refractivity contribution >= 4 is 23.2 Å². The Kier molecular flexibility index (Phi) is 4.34. The van der Waals surface area contributed by atoms with E-state index in [1.165, 1.54) is 4.68 Å². The third-order valence-electron chi connectivity index (χ3n) is 2.32. The zero-order valence-corrected chi connectivity index (χ0v) is 9.99. The van der Waals surface area contributed by atoms with Crippen molar-refractivity contribution in [1.29, 1.82) is 0 Å². The molecular weight excluding hydrogens is 245 g/mol. The van der Waals surface area contributed by atoms with Crippen LogP contribution in [0, 0.1) is 0 Å². The van der Waals surface area contributed by atoms with Crippen LogP contribution in [0.1, 0.15) is 44.0 Å². The predicted molar refractivity (Wildman–Crippen MR) is 56.8 cm³/mol. The first-order valence-electron chi connectivity index (χ1n) is 4.63. The van der Waals surface area contributed by atoms with E-state index in [1.807, 2.05) is 13.8 Å². The van der Waals surface area contributed by atoms with Gasteiger partial charge in [0.25, 0.3) is 6.43 Å². The molecule has 1 rings (SSSR count). The fraction of sp³-hybridized carbons (Fsp3) is 0.667. The molecule has 0 spiro atoms. The summed E-state index contributed by atoms with van der Waals surface area (Å²) in [6.45, 7) is 3.80. The van der Waals surface area contributed by atoms with Crippen molar-refractivity contribution in [2.45, 2.75) is 38.6 Å². The van der Waals surface area contributed by atoms with E-state index in [9.17, 15) is 8.78 Å². The standard InChI is InChI=1S/C9H12Cl2F2N2/c1-3-5(2)15-8(11)6(4-10)7(14-15)9(12)13/h5,9H,3-4H2,1-2H3. The molecule has 1 heterocycles. The molecule has 0 saturated carbocycles. The summed E-state index contributed by atoms with van der Waals surface area (Å²) < 4.78 is 26.6. The molecular formula is C9H12Cl2F2N2. The molecule has 0 bridgehead atoms. The molecule has 0 radical (unpaired) electrons. The monoisotopic (exact) mass is 256 g/mol. The average molecular weight is 257 g/mol. The van der Waals surface area contributed by atoms with Crippen LogP contribution < -0.4 is 0 Å². The van der Waals surface area contributed by atoms with Crippen LogP contribution >= 0.6 is 23.2 Å². The molecule has 0 aliphatic carbocycles. The lowest BCUT2D eigenvalue weighted by molar-refractivity contribution is 0.143. The zero-order chi connectivity index (χ0) is 11.6. The van der Waals surface area contributed by atoms with Crippen LogP contribution in [0.4, 0.5) is 8.78 Å². The van der Waals surface area contributed by atoms with E-state index in [0.29, 0.717) is 0 Å². The highest BCUT2D eigenvalue weighted by atomic mass is 35.5. The second kappa shape index (κ2) is 5.12. The third kappa shape index (κ3) is 2.42. The maximum atomic E-state index is 12.6. The maximum absolute atomic E-state index is 12.6. The summed E-state index contributed by atoms with van der Waals surface area (Å²) in [6, 6.07) is -0.00744. The second-order valence-corrected chi connectivity index (χ2v) is 3.92. The molecule has 1 atom stereocenters. The number of rotatable bonds is 4. The number of alkyl halides is 3. The fourth-order valence-corrected chi connectivity index (χ4v) is 1.93. The lowest BCUT2D eigenvalue weighted by atomic mass is 10.2. The summed E-state index contributed by atoms with van der Waals surface area (Å²) in [7, 11) is 0. The molecule has 15 heavy (non-hydrogen) atoms. The van der Waals surface area contributed by atoms with Crippen molar-refractivity contribution in [3.8, 4) is 0 Å². The van der Waals surface area contributed by atoms with Crippen molar-refractivity contribution in [2.24, 2.45) is 0 Å². The molecule has 1 aromatic heterocycles. The number of nitrogens with zero attached hydrogens (tertiary/aromatic N) is 2. The van der Waals surface area contributed by atoms with Gasteiger partial charge in [0.1, 0.15) is 10.8 Å². The highest BCUT2D eigenvalue weighted by Crippen LogP contribution is 2.31. The van der Waals surface area contributed by atoms with E-state index in [2.05, 4.69) is 5.10 Å². The maximum Gasteiger partial charge on any atom is 0.282 e. The Morgan fingerprint density at radius 3 is 2.40 bits per heavy atom. The molecule has 0 amide bonds. The van der Waals surface area contributed by atoms with Crippen molar-refractivity contribution in [3.63, 3.8) is 0 Å². The van der Waals surface area contributed by atoms with Gasteiger partial charge in [-0.05, 0) is 13.3 Å². The van der Waals surface area contributed by atoms with Gasteiger partial charge in [-0.15, -0.1) is 11.6 Å². The summed E-state index contributed by atoms with van der Waals surface area (Å²) in [6.07, 6.45) is -1.87. The van der Waals surface area contributed by atoms with Gasteiger partial charge in [0.15, 0.2) is 0 Å². The minimum absolute atomic E-state index is 0.00744. The Morgan fingerprint density at radius 2 is 2.07 bits per heavy atom. The molecule has 6 heteroatoms. The average Bonchev–Trinajstić information content (AvgIpc) is 2.54. The van der Waals surface area contributed by atoms with Crippen LogP contribution in [0.5, 0.6) is 0 Å². The molecule has 0 N–H and O–H groups in total. The minimum Gasteiger partial charge on any atom is -0.250 e. The summed E-state index contributed by atoms with van der Waals surface area (Å²) in [5.74, 6) is -0.0467. The summed E-state index contributed by atoms with van der Waals surface area (Å²) >= 11 is 11.5. The highest BCUT2D eigenvalue weighted by molar-refractivity contribution is 6.31. The smallest absolute Gasteiger partial charge is 0.250 e. The Balaban J connectivity index is 3.20. The summed E-state index contributed by atoms with van der Waals surface area (Å²) in [5, 5.41) is 4.02. The first-order chi connectivity index (χ1) is 7.02. The second-order valence-electron chi connectivity index (χ2n) is 3.29. The van der Waals surface area contributed by atoms with Crippen molar-refractivity contribution in [2.75, 3.05) is 0 Å². The Bertz CT molecular complexity index is 339. The van der Waals surface area contributed by atoms with Crippen LogP contribution in [-0.2, 0) is 5.88 Å². The molecule has 0 fully saturated rings. The van der Waals surface area contributed by atoms with Crippen molar-refractivity contribution in [1.82, 2.24) is 9.78 Å². The minimum atomic E-state index is -2.64. The van der Waals surface area contributed by atoms with Gasteiger partial charge in [-0.2, -0.15) is 5.10 Å². The molecule has 0 aromatic carbocycles. The van der Waals surface area contributed by atoms with Gasteiger partial charge in [0, 0.05) is 5.56 Å². The first kappa shape index (κ1) is 12.7. The van der Waals surface area contributed by atoms with E-state index >= 15 is 0 Å². The molecule has 1 aromatic rings. The van der Waals surface area contributed by atoms with E-state index in [1.54, 1.807) is 0 Å². The SMILES string of the molecule is CCC(C)n1nc(C(F)F)c(CCl)c1Cl. The van der Waals surface area contributed by atoms with Crippen LogP contribution in [-0.4, -0.2) is 9.78 Å². The van der Waals surface area contributed by atoms with Gasteiger partial charge >= 0.3 is 0 Å². The number of halogens is 4. The van der Waals surface area contributed by atoms with Gasteiger partial charge in [0.05, 0.1) is 11.9 Å². The Hall–Kier alpha value is -0.350. The van der Waals surface area contributed by atoms with E-state index in [0.717, 1.165) is 6.42 Å². The van der Waals surface area contributed by atoms with Crippen LogP contribution in [0.3, 0.4) is 0 Å². The molecule has 86 valence electrons. The normalized spacial score (nSPS) is 13.5. The van der Waals surface area contributed by atoms with Crippen LogP contribution in [0.2, 0.25) is 5.15 Å². The van der Waals surface area contributed by atoms with E-state index in [4.69, 9.17) is 23.2 Å². The first-order valence-corrected chi connectivity index (χ1v) is 5.55. The van der Waals surface area contributed by atoms with E-state index < -0.39 is 6.43 Å². The molecule has 0 saturated heterocycles. The van der Waals surface area contributed by atoms with Gasteiger partial charge in [0.2, 0.25) is 0 Å². The summed E-state index contributed by atoms with van der Waals surface area (Å²) in [4.78, 5) is 0. The third-order valence-corrected chi connectivity index (χ3v) is 2.99. The number of hydrogen-bond donors (Lipinski definition) is 0. The lowest BCUT2D eigenvalue weighted by Crippen LogP contribution is -2.06. The van der Waals surface area contributed by atoms with Gasteiger partial charge in [-0.1, -0.05) is 18.5 Å². The van der Waals surface area contributed by atoms with E-state index in [-0.39, 0.29) is 28.3 Å². The van der Waals surface area contributed by atoms with Gasteiger partial charge in [-0.25, -0.2) is 8.78 Å². The highest BCUT2D eigenvalue weighted by Gasteiger charge is 2.23. The topological polar surface area (TPSA) is 17.8 Å². The zero-order valence-electron chi connectivity index (χ0n) is 8.48. The fourth-order valence-electron chi connectivity index (χ4n) is 1.23. The lowest BCUT2D eigenvalue weighted by Gasteiger charge is -2.10. The summed E-state index contributed by atoms with van der Waals surface area (Å²) in [5.41, 5.74) is -0.0797. The molecule has 2 nitrogen and oxygen atoms in total. The molecule has 0 aliphatic rings. The van der Waals surface area contributed by atoms with Crippen LogP contribution in [0.25, 0.3) is 0 Å². The predicted octanol–water partition coefficient (Wildman–Crippen LogP) is 4.18. The quantitative estimate of drug-likeness (QED) is 0.739. The van der Waals surface area contributed by atoms with Gasteiger partial charge < -0.3 is 0 Å². The molecule has 0 aliphatic heterocycles. The number of aromatic nitrogens is 2. The van der Waals surface area contributed by atoms with Crippen LogP contribution in [0.15, 0.2) is 0 Å². The Labute approximate surface area is 97.2 Å². The number of hydrogen-bond acceptors (Lipinski definition) is 1. The largest absolute Gasteiger partial charge is 0.282 e. The molecule has 1 unspecified atom stereocenters. The van der Waals surface area contributed by atoms with Gasteiger partial charge in [-0.3, -0.25) is 4.68 Å².